The Hall–Kier alpha value is -3.55. The standard InChI is InChI=1S/C28H29ClN4O3/c1-20-24(21(2)33(30-20)22-8-4-3-5-9-22)18-31-14-16-32(17-15-31)28(34)27-13-12-23(36-27)19-35-26-11-7-6-10-25(26)29/h3-13H,14-19H2,1-2H3. The first-order chi connectivity index (χ1) is 17.5. The Bertz CT molecular complexity index is 1340. The number of ether oxygens (including phenoxy) is 1. The molecule has 0 aliphatic carbocycles. The second kappa shape index (κ2) is 10.6. The Morgan fingerprint density at radius 2 is 1.69 bits per heavy atom. The number of para-hydroxylation sites is 2. The second-order valence-corrected chi connectivity index (χ2v) is 9.36. The quantitative estimate of drug-likeness (QED) is 0.343. The molecule has 0 radical (unpaired) electrons. The van der Waals surface area contributed by atoms with Crippen molar-refractivity contribution >= 4 is 17.5 Å². The molecule has 1 saturated heterocycles. The van der Waals surface area contributed by atoms with E-state index in [-0.39, 0.29) is 12.5 Å². The largest absolute Gasteiger partial charge is 0.484 e. The van der Waals surface area contributed by atoms with E-state index in [0.29, 0.717) is 35.4 Å². The highest BCUT2D eigenvalue weighted by Gasteiger charge is 2.25. The first-order valence-electron chi connectivity index (χ1n) is 12.1. The fourth-order valence-corrected chi connectivity index (χ4v) is 4.68. The van der Waals surface area contributed by atoms with Crippen molar-refractivity contribution in [3.8, 4) is 11.4 Å². The molecule has 0 N–H and O–H groups in total. The number of amides is 1. The van der Waals surface area contributed by atoms with Gasteiger partial charge in [-0.1, -0.05) is 41.9 Å². The lowest BCUT2D eigenvalue weighted by Gasteiger charge is -2.34. The van der Waals surface area contributed by atoms with Crippen molar-refractivity contribution in [3.05, 3.63) is 100 Å². The van der Waals surface area contributed by atoms with Crippen LogP contribution in [0.5, 0.6) is 5.75 Å². The Balaban J connectivity index is 1.16. The number of benzene rings is 2. The molecule has 0 saturated carbocycles. The summed E-state index contributed by atoms with van der Waals surface area (Å²) in [5.74, 6) is 1.40. The van der Waals surface area contributed by atoms with Crippen molar-refractivity contribution in [2.45, 2.75) is 27.0 Å². The summed E-state index contributed by atoms with van der Waals surface area (Å²) in [5, 5.41) is 5.30. The molecule has 2 aromatic heterocycles. The molecule has 186 valence electrons. The maximum absolute atomic E-state index is 13.0. The average Bonchev–Trinajstić information content (AvgIpc) is 3.49. The van der Waals surface area contributed by atoms with Crippen LogP contribution in [0.3, 0.4) is 0 Å². The average molecular weight is 505 g/mol. The van der Waals surface area contributed by atoms with Crippen LogP contribution < -0.4 is 4.74 Å². The van der Waals surface area contributed by atoms with Crippen LogP contribution in [0.4, 0.5) is 0 Å². The summed E-state index contributed by atoms with van der Waals surface area (Å²) in [6.07, 6.45) is 0. The van der Waals surface area contributed by atoms with E-state index in [2.05, 4.69) is 30.9 Å². The van der Waals surface area contributed by atoms with E-state index < -0.39 is 0 Å². The lowest BCUT2D eigenvalue weighted by molar-refractivity contribution is 0.0593. The SMILES string of the molecule is Cc1nn(-c2ccccc2)c(C)c1CN1CCN(C(=O)c2ccc(COc3ccccc3Cl)o2)CC1. The first kappa shape index (κ1) is 24.2. The minimum atomic E-state index is -0.0945. The number of nitrogens with zero attached hydrogens (tertiary/aromatic N) is 4. The predicted octanol–water partition coefficient (Wildman–Crippen LogP) is 5.27. The summed E-state index contributed by atoms with van der Waals surface area (Å²) in [4.78, 5) is 17.2. The molecule has 1 amide bonds. The van der Waals surface area contributed by atoms with Crippen LogP contribution in [0.25, 0.3) is 5.69 Å². The molecular weight excluding hydrogens is 476 g/mol. The number of furan rings is 1. The highest BCUT2D eigenvalue weighted by molar-refractivity contribution is 6.32. The van der Waals surface area contributed by atoms with Gasteiger partial charge in [-0.3, -0.25) is 9.69 Å². The number of halogens is 1. The molecule has 8 heteroatoms. The van der Waals surface area contributed by atoms with Gasteiger partial charge in [0.15, 0.2) is 5.76 Å². The fourth-order valence-electron chi connectivity index (χ4n) is 4.49. The summed E-state index contributed by atoms with van der Waals surface area (Å²) >= 11 is 6.13. The Labute approximate surface area is 215 Å². The molecular formula is C28H29ClN4O3. The number of carbonyl (C=O) groups excluding carboxylic acids is 1. The molecule has 0 spiro atoms. The summed E-state index contributed by atoms with van der Waals surface area (Å²) in [6.45, 7) is 8.09. The van der Waals surface area contributed by atoms with Gasteiger partial charge in [-0.05, 0) is 50.2 Å². The third kappa shape index (κ3) is 5.17. The van der Waals surface area contributed by atoms with Gasteiger partial charge >= 0.3 is 0 Å². The second-order valence-electron chi connectivity index (χ2n) is 8.95. The van der Waals surface area contributed by atoms with Gasteiger partial charge in [-0.2, -0.15) is 5.10 Å². The number of hydrogen-bond donors (Lipinski definition) is 0. The molecule has 5 rings (SSSR count). The molecule has 4 aromatic rings. The van der Waals surface area contributed by atoms with Crippen molar-refractivity contribution in [3.63, 3.8) is 0 Å². The zero-order valence-electron chi connectivity index (χ0n) is 20.5. The minimum Gasteiger partial charge on any atom is -0.484 e. The number of aromatic nitrogens is 2. The van der Waals surface area contributed by atoms with Gasteiger partial charge in [-0.25, -0.2) is 4.68 Å². The maximum Gasteiger partial charge on any atom is 0.289 e. The van der Waals surface area contributed by atoms with Gasteiger partial charge in [-0.15, -0.1) is 0 Å². The number of carbonyl (C=O) groups is 1. The number of aryl methyl sites for hydroxylation is 1. The fraction of sp³-hybridized carbons (Fsp3) is 0.286. The van der Waals surface area contributed by atoms with Crippen molar-refractivity contribution in [1.29, 1.82) is 0 Å². The lowest BCUT2D eigenvalue weighted by atomic mass is 10.1. The third-order valence-corrected chi connectivity index (χ3v) is 6.87. The summed E-state index contributed by atoms with van der Waals surface area (Å²) in [6, 6.07) is 20.9. The summed E-state index contributed by atoms with van der Waals surface area (Å²) < 4.78 is 13.5. The summed E-state index contributed by atoms with van der Waals surface area (Å²) in [7, 11) is 0. The topological polar surface area (TPSA) is 63.7 Å². The van der Waals surface area contributed by atoms with Gasteiger partial charge in [0.1, 0.15) is 18.1 Å². The van der Waals surface area contributed by atoms with Crippen molar-refractivity contribution in [1.82, 2.24) is 19.6 Å². The van der Waals surface area contributed by atoms with E-state index in [1.807, 2.05) is 39.9 Å². The van der Waals surface area contributed by atoms with Crippen LogP contribution in [-0.4, -0.2) is 51.7 Å². The van der Waals surface area contributed by atoms with Crippen LogP contribution in [0, 0.1) is 13.8 Å². The molecule has 7 nitrogen and oxygen atoms in total. The number of rotatable bonds is 7. The lowest BCUT2D eigenvalue weighted by Crippen LogP contribution is -2.48. The molecule has 1 aliphatic rings. The number of piperazine rings is 1. The van der Waals surface area contributed by atoms with Crippen molar-refractivity contribution in [2.75, 3.05) is 26.2 Å². The highest BCUT2D eigenvalue weighted by Crippen LogP contribution is 2.25. The molecule has 0 bridgehead atoms. The van der Waals surface area contributed by atoms with E-state index in [4.69, 9.17) is 25.9 Å². The smallest absolute Gasteiger partial charge is 0.289 e. The first-order valence-corrected chi connectivity index (χ1v) is 12.5. The van der Waals surface area contributed by atoms with Crippen LogP contribution in [0.1, 0.15) is 33.3 Å². The molecule has 1 aliphatic heterocycles. The zero-order chi connectivity index (χ0) is 25.1. The van der Waals surface area contributed by atoms with Crippen LogP contribution in [-0.2, 0) is 13.2 Å². The molecule has 36 heavy (non-hydrogen) atoms. The van der Waals surface area contributed by atoms with E-state index >= 15 is 0 Å². The third-order valence-electron chi connectivity index (χ3n) is 6.56. The Morgan fingerprint density at radius 1 is 0.972 bits per heavy atom. The Kier molecular flexibility index (Phi) is 7.11. The van der Waals surface area contributed by atoms with E-state index in [9.17, 15) is 4.79 Å². The minimum absolute atomic E-state index is 0.0945. The van der Waals surface area contributed by atoms with Crippen LogP contribution in [0.2, 0.25) is 5.02 Å². The molecule has 2 aromatic carbocycles. The zero-order valence-corrected chi connectivity index (χ0v) is 21.2. The summed E-state index contributed by atoms with van der Waals surface area (Å²) in [5.41, 5.74) is 4.50. The van der Waals surface area contributed by atoms with Gasteiger partial charge in [0.2, 0.25) is 0 Å². The normalized spacial score (nSPS) is 14.2. The Morgan fingerprint density at radius 3 is 2.44 bits per heavy atom. The van der Waals surface area contributed by atoms with Gasteiger partial charge in [0.25, 0.3) is 5.91 Å². The van der Waals surface area contributed by atoms with Crippen LogP contribution >= 0.6 is 11.6 Å². The highest BCUT2D eigenvalue weighted by atomic mass is 35.5. The monoisotopic (exact) mass is 504 g/mol. The molecule has 0 atom stereocenters. The van der Waals surface area contributed by atoms with Crippen molar-refractivity contribution in [2.24, 2.45) is 0 Å². The van der Waals surface area contributed by atoms with Gasteiger partial charge in [0.05, 0.1) is 16.4 Å². The number of hydrogen-bond acceptors (Lipinski definition) is 5. The van der Waals surface area contributed by atoms with E-state index in [0.717, 1.165) is 36.7 Å². The predicted molar refractivity (Wildman–Crippen MR) is 139 cm³/mol. The molecule has 1 fully saturated rings. The van der Waals surface area contributed by atoms with Crippen LogP contribution in [0.15, 0.2) is 71.1 Å². The van der Waals surface area contributed by atoms with Crippen molar-refractivity contribution < 1.29 is 13.9 Å². The molecule has 0 unspecified atom stereocenters. The van der Waals surface area contributed by atoms with E-state index in [1.165, 1.54) is 5.56 Å². The molecule has 3 heterocycles. The van der Waals surface area contributed by atoms with Gasteiger partial charge < -0.3 is 14.1 Å². The van der Waals surface area contributed by atoms with Gasteiger partial charge in [0, 0.05) is 44.0 Å². The maximum atomic E-state index is 13.0. The van der Waals surface area contributed by atoms with E-state index in [1.54, 1.807) is 24.3 Å².